The van der Waals surface area contributed by atoms with E-state index in [-0.39, 0.29) is 35.2 Å². The highest BCUT2D eigenvalue weighted by molar-refractivity contribution is 5.92. The average Bonchev–Trinajstić information content (AvgIpc) is 2.82. The lowest BCUT2D eigenvalue weighted by Gasteiger charge is -2.62. The van der Waals surface area contributed by atoms with Crippen molar-refractivity contribution in [1.29, 1.82) is 0 Å². The fraction of sp³-hybridized carbons (Fsp3) is 0.857. The molecule has 3 nitrogen and oxygen atoms in total. The van der Waals surface area contributed by atoms with Gasteiger partial charge in [-0.05, 0) is 73.2 Å². The fourth-order valence-electron chi connectivity index (χ4n) is 7.46. The Bertz CT molecular complexity index is 582. The normalized spacial score (nSPS) is 53.9. The molecule has 4 aliphatic carbocycles. The van der Waals surface area contributed by atoms with E-state index in [1.165, 1.54) is 5.57 Å². The molecule has 0 spiro atoms. The highest BCUT2D eigenvalue weighted by Gasteiger charge is 2.62. The van der Waals surface area contributed by atoms with Gasteiger partial charge in [-0.1, -0.05) is 26.3 Å². The Morgan fingerprint density at radius 1 is 1.17 bits per heavy atom. The van der Waals surface area contributed by atoms with Gasteiger partial charge in [0.1, 0.15) is 0 Å². The molecule has 0 heterocycles. The van der Waals surface area contributed by atoms with Gasteiger partial charge in [-0.2, -0.15) is 0 Å². The summed E-state index contributed by atoms with van der Waals surface area (Å²) < 4.78 is 0. The monoisotopic (exact) mass is 332 g/mol. The number of ketones is 1. The molecule has 4 rings (SSSR count). The summed E-state index contributed by atoms with van der Waals surface area (Å²) in [5.41, 5.74) is 1.09. The molecule has 0 saturated heterocycles. The summed E-state index contributed by atoms with van der Waals surface area (Å²) in [6.07, 6.45) is 7.42. The number of aliphatic hydroxyl groups excluding tert-OH is 2. The van der Waals surface area contributed by atoms with E-state index in [1.54, 1.807) is 0 Å². The Kier molecular flexibility index (Phi) is 3.78. The Labute approximate surface area is 145 Å². The van der Waals surface area contributed by atoms with Crippen LogP contribution in [0.25, 0.3) is 0 Å². The molecule has 4 aliphatic rings. The summed E-state index contributed by atoms with van der Waals surface area (Å²) >= 11 is 0. The highest BCUT2D eigenvalue weighted by Crippen LogP contribution is 2.67. The molecular weight excluding hydrogens is 300 g/mol. The first-order chi connectivity index (χ1) is 11.3. The van der Waals surface area contributed by atoms with Crippen molar-refractivity contribution < 1.29 is 15.0 Å². The SMILES string of the molecule is C[C@@H]1CC2=CC(=O)C[C@H](C)[C@]2(CO)[C@H]2CC[C@]3(C)[C@H](O)CC[C@H]3[C@H]12. The summed E-state index contributed by atoms with van der Waals surface area (Å²) in [5, 5.41) is 21.1. The smallest absolute Gasteiger partial charge is 0.155 e. The van der Waals surface area contributed by atoms with Gasteiger partial charge >= 0.3 is 0 Å². The molecular formula is C21H32O3. The Balaban J connectivity index is 1.79. The number of fused-ring (bicyclic) bond motifs is 5. The van der Waals surface area contributed by atoms with Gasteiger partial charge in [0.15, 0.2) is 5.78 Å². The Morgan fingerprint density at radius 2 is 1.92 bits per heavy atom. The third-order valence-electron chi connectivity index (χ3n) is 8.72. The zero-order valence-corrected chi connectivity index (χ0v) is 15.3. The van der Waals surface area contributed by atoms with Gasteiger partial charge in [0.05, 0.1) is 12.7 Å². The predicted molar refractivity (Wildman–Crippen MR) is 93.2 cm³/mol. The van der Waals surface area contributed by atoms with Crippen LogP contribution in [0.1, 0.15) is 59.3 Å². The van der Waals surface area contributed by atoms with E-state index < -0.39 is 0 Å². The number of hydrogen-bond donors (Lipinski definition) is 2. The quantitative estimate of drug-likeness (QED) is 0.774. The second-order valence-corrected chi connectivity index (χ2v) is 9.55. The standard InChI is InChI=1S/C21H32O3/c1-12-8-14-10-15(23)9-13(2)21(14,11-22)17-6-7-20(3)16(19(12)17)4-5-18(20)24/h10,12-13,16-19,22,24H,4-9,11H2,1-3H3/t12-,13+,16+,17+,18-,19+,20+,21+/m1/s1. The summed E-state index contributed by atoms with van der Waals surface area (Å²) in [6, 6.07) is 0. The lowest BCUT2D eigenvalue weighted by Crippen LogP contribution is -2.58. The van der Waals surface area contributed by atoms with Crippen LogP contribution in [0.5, 0.6) is 0 Å². The molecule has 0 aromatic carbocycles. The fourth-order valence-corrected chi connectivity index (χ4v) is 7.46. The van der Waals surface area contributed by atoms with Gasteiger partial charge in [0.2, 0.25) is 0 Å². The second-order valence-electron chi connectivity index (χ2n) is 9.55. The lowest BCUT2D eigenvalue weighted by molar-refractivity contribution is -0.133. The number of rotatable bonds is 1. The molecule has 0 radical (unpaired) electrons. The molecule has 0 aromatic rings. The van der Waals surface area contributed by atoms with Crippen LogP contribution in [0.15, 0.2) is 11.6 Å². The van der Waals surface area contributed by atoms with E-state index in [0.717, 1.165) is 32.1 Å². The van der Waals surface area contributed by atoms with Gasteiger partial charge in [-0.25, -0.2) is 0 Å². The van der Waals surface area contributed by atoms with Crippen molar-refractivity contribution in [3.63, 3.8) is 0 Å². The van der Waals surface area contributed by atoms with Crippen molar-refractivity contribution in [3.8, 4) is 0 Å². The third-order valence-corrected chi connectivity index (χ3v) is 8.72. The van der Waals surface area contributed by atoms with Crippen LogP contribution in [0.2, 0.25) is 0 Å². The number of aliphatic hydroxyl groups is 2. The first-order valence-corrected chi connectivity index (χ1v) is 9.87. The molecule has 0 aromatic heterocycles. The van der Waals surface area contributed by atoms with Crippen LogP contribution >= 0.6 is 0 Å². The van der Waals surface area contributed by atoms with Gasteiger partial charge in [0, 0.05) is 11.8 Å². The largest absolute Gasteiger partial charge is 0.395 e. The van der Waals surface area contributed by atoms with E-state index in [2.05, 4.69) is 20.8 Å². The van der Waals surface area contributed by atoms with Crippen LogP contribution < -0.4 is 0 Å². The van der Waals surface area contributed by atoms with E-state index in [4.69, 9.17) is 0 Å². The van der Waals surface area contributed by atoms with Gasteiger partial charge in [-0.3, -0.25) is 4.79 Å². The van der Waals surface area contributed by atoms with Crippen LogP contribution in [0, 0.1) is 40.4 Å². The zero-order valence-electron chi connectivity index (χ0n) is 15.3. The van der Waals surface area contributed by atoms with Crippen molar-refractivity contribution in [3.05, 3.63) is 11.6 Å². The summed E-state index contributed by atoms with van der Waals surface area (Å²) in [4.78, 5) is 12.1. The van der Waals surface area contributed by atoms with E-state index in [1.807, 2.05) is 6.08 Å². The van der Waals surface area contributed by atoms with Crippen LogP contribution in [0.4, 0.5) is 0 Å². The highest BCUT2D eigenvalue weighted by atomic mass is 16.3. The molecule has 24 heavy (non-hydrogen) atoms. The summed E-state index contributed by atoms with van der Waals surface area (Å²) in [5.74, 6) is 2.60. The zero-order chi connectivity index (χ0) is 17.3. The molecule has 0 unspecified atom stereocenters. The molecule has 134 valence electrons. The van der Waals surface area contributed by atoms with Crippen molar-refractivity contribution in [2.24, 2.45) is 40.4 Å². The predicted octanol–water partition coefficient (Wildman–Crippen LogP) is 3.34. The van der Waals surface area contributed by atoms with Gasteiger partial charge in [-0.15, -0.1) is 0 Å². The summed E-state index contributed by atoms with van der Waals surface area (Å²) in [7, 11) is 0. The van der Waals surface area contributed by atoms with E-state index in [0.29, 0.717) is 30.1 Å². The number of hydrogen-bond acceptors (Lipinski definition) is 3. The molecule has 3 heteroatoms. The number of carbonyl (C=O) groups is 1. The Hall–Kier alpha value is -0.670. The Morgan fingerprint density at radius 3 is 2.62 bits per heavy atom. The molecule has 3 fully saturated rings. The summed E-state index contributed by atoms with van der Waals surface area (Å²) in [6.45, 7) is 6.97. The van der Waals surface area contributed by atoms with Crippen molar-refractivity contribution >= 4 is 5.78 Å². The molecule has 0 amide bonds. The van der Waals surface area contributed by atoms with Crippen molar-refractivity contribution in [2.45, 2.75) is 65.4 Å². The van der Waals surface area contributed by atoms with Crippen LogP contribution in [0.3, 0.4) is 0 Å². The maximum absolute atomic E-state index is 12.1. The topological polar surface area (TPSA) is 57.5 Å². The molecule has 3 saturated carbocycles. The first-order valence-electron chi connectivity index (χ1n) is 9.87. The minimum atomic E-state index is -0.194. The van der Waals surface area contributed by atoms with E-state index in [9.17, 15) is 15.0 Å². The minimum Gasteiger partial charge on any atom is -0.395 e. The van der Waals surface area contributed by atoms with Gasteiger partial charge in [0.25, 0.3) is 0 Å². The molecule has 0 aliphatic heterocycles. The van der Waals surface area contributed by atoms with Crippen LogP contribution in [-0.2, 0) is 4.79 Å². The minimum absolute atomic E-state index is 0.0566. The molecule has 8 atom stereocenters. The maximum atomic E-state index is 12.1. The molecule has 2 N–H and O–H groups in total. The molecule has 0 bridgehead atoms. The number of carbonyl (C=O) groups excluding carboxylic acids is 1. The lowest BCUT2D eigenvalue weighted by atomic mass is 9.43. The van der Waals surface area contributed by atoms with Crippen molar-refractivity contribution in [1.82, 2.24) is 0 Å². The second kappa shape index (κ2) is 5.41. The average molecular weight is 332 g/mol. The first kappa shape index (κ1) is 16.8. The van der Waals surface area contributed by atoms with Crippen LogP contribution in [-0.4, -0.2) is 28.7 Å². The van der Waals surface area contributed by atoms with Gasteiger partial charge < -0.3 is 10.2 Å². The maximum Gasteiger partial charge on any atom is 0.155 e. The van der Waals surface area contributed by atoms with E-state index >= 15 is 0 Å². The third kappa shape index (κ3) is 1.94. The van der Waals surface area contributed by atoms with Crippen molar-refractivity contribution in [2.75, 3.05) is 6.61 Å².